The largest absolute Gasteiger partial charge is 0.463 e. The summed E-state index contributed by atoms with van der Waals surface area (Å²) >= 11 is 0. The van der Waals surface area contributed by atoms with Gasteiger partial charge in [0.2, 0.25) is 6.10 Å². The van der Waals surface area contributed by atoms with E-state index in [9.17, 15) is 14.4 Å². The van der Waals surface area contributed by atoms with E-state index in [1.165, 1.54) is 0 Å². The molecule has 1 aliphatic carbocycles. The summed E-state index contributed by atoms with van der Waals surface area (Å²) in [6.07, 6.45) is 4.70. The van der Waals surface area contributed by atoms with Gasteiger partial charge in [-0.25, -0.2) is 9.59 Å². The van der Waals surface area contributed by atoms with E-state index in [1.807, 2.05) is 0 Å². The molecule has 0 aromatic carbocycles. The predicted octanol–water partition coefficient (Wildman–Crippen LogP) is 1.67. The van der Waals surface area contributed by atoms with E-state index in [-0.39, 0.29) is 13.0 Å². The lowest BCUT2D eigenvalue weighted by molar-refractivity contribution is -0.171. The van der Waals surface area contributed by atoms with E-state index in [0.29, 0.717) is 19.3 Å². The molecule has 2 fully saturated rings. The minimum atomic E-state index is -0.830. The standard InChI is InChI=1S/C15H20O6/c1-2-12(16)21-15(7-4-3-5-8-15)10-13(17)20-11-6-9-19-14(11)18/h2,11H,1,3-10H2. The number of carbonyl (C=O) groups excluding carboxylic acids is 3. The molecule has 2 aliphatic rings. The zero-order valence-corrected chi connectivity index (χ0v) is 12.0. The molecule has 0 N–H and O–H groups in total. The third-order valence-corrected chi connectivity index (χ3v) is 3.88. The highest BCUT2D eigenvalue weighted by Crippen LogP contribution is 2.35. The maximum Gasteiger partial charge on any atom is 0.347 e. The van der Waals surface area contributed by atoms with E-state index >= 15 is 0 Å². The quantitative estimate of drug-likeness (QED) is 0.436. The Balaban J connectivity index is 1.97. The molecule has 2 rings (SSSR count). The second-order valence-electron chi connectivity index (χ2n) is 5.48. The van der Waals surface area contributed by atoms with Crippen molar-refractivity contribution in [1.82, 2.24) is 0 Å². The number of rotatable bonds is 5. The van der Waals surface area contributed by atoms with Gasteiger partial charge >= 0.3 is 17.9 Å². The highest BCUT2D eigenvalue weighted by atomic mass is 16.6. The van der Waals surface area contributed by atoms with Crippen molar-refractivity contribution < 1.29 is 28.6 Å². The van der Waals surface area contributed by atoms with E-state index in [2.05, 4.69) is 6.58 Å². The van der Waals surface area contributed by atoms with Gasteiger partial charge < -0.3 is 14.2 Å². The summed E-state index contributed by atoms with van der Waals surface area (Å²) in [7, 11) is 0. The Morgan fingerprint density at radius 2 is 2.05 bits per heavy atom. The zero-order valence-electron chi connectivity index (χ0n) is 12.0. The normalized spacial score (nSPS) is 24.0. The maximum atomic E-state index is 12.0. The summed E-state index contributed by atoms with van der Waals surface area (Å²) in [5.41, 5.74) is -0.830. The average molecular weight is 296 g/mol. The van der Waals surface area contributed by atoms with Crippen molar-refractivity contribution in [3.8, 4) is 0 Å². The Kier molecular flexibility index (Phi) is 4.98. The lowest BCUT2D eigenvalue weighted by Gasteiger charge is -2.35. The fourth-order valence-electron chi connectivity index (χ4n) is 2.81. The smallest absolute Gasteiger partial charge is 0.347 e. The molecule has 6 heteroatoms. The number of hydrogen-bond acceptors (Lipinski definition) is 6. The van der Waals surface area contributed by atoms with Crippen LogP contribution < -0.4 is 0 Å². The van der Waals surface area contributed by atoms with Crippen LogP contribution in [0.5, 0.6) is 0 Å². The Morgan fingerprint density at radius 3 is 2.62 bits per heavy atom. The highest BCUT2D eigenvalue weighted by molar-refractivity contribution is 5.83. The van der Waals surface area contributed by atoms with Crippen molar-refractivity contribution in [2.24, 2.45) is 0 Å². The molecular weight excluding hydrogens is 276 g/mol. The van der Waals surface area contributed by atoms with Gasteiger partial charge in [-0.05, 0) is 25.7 Å². The van der Waals surface area contributed by atoms with Crippen molar-refractivity contribution in [3.63, 3.8) is 0 Å². The summed E-state index contributed by atoms with van der Waals surface area (Å²) in [4.78, 5) is 34.8. The van der Waals surface area contributed by atoms with Crippen LogP contribution in [-0.4, -0.2) is 36.2 Å². The third-order valence-electron chi connectivity index (χ3n) is 3.88. The van der Waals surface area contributed by atoms with Crippen LogP contribution in [0.1, 0.15) is 44.9 Å². The van der Waals surface area contributed by atoms with E-state index < -0.39 is 29.6 Å². The SMILES string of the molecule is C=CC(=O)OC1(CC(=O)OC2CCOC2=O)CCCCC1. The van der Waals surface area contributed by atoms with E-state index in [1.54, 1.807) is 0 Å². The molecule has 1 saturated heterocycles. The number of esters is 3. The minimum absolute atomic E-state index is 0.0314. The lowest BCUT2D eigenvalue weighted by Crippen LogP contribution is -2.40. The molecule has 0 bridgehead atoms. The first-order valence-corrected chi connectivity index (χ1v) is 7.26. The molecule has 6 nitrogen and oxygen atoms in total. The predicted molar refractivity (Wildman–Crippen MR) is 72.2 cm³/mol. The van der Waals surface area contributed by atoms with Gasteiger partial charge in [0.25, 0.3) is 0 Å². The molecule has 0 amide bonds. The molecule has 21 heavy (non-hydrogen) atoms. The van der Waals surface area contributed by atoms with Gasteiger partial charge in [-0.3, -0.25) is 4.79 Å². The third kappa shape index (κ3) is 4.06. The fourth-order valence-corrected chi connectivity index (χ4v) is 2.81. The molecule has 1 unspecified atom stereocenters. The fraction of sp³-hybridized carbons (Fsp3) is 0.667. The summed E-state index contributed by atoms with van der Waals surface area (Å²) < 4.78 is 15.3. The summed E-state index contributed by atoms with van der Waals surface area (Å²) in [6, 6.07) is 0. The van der Waals surface area contributed by atoms with Crippen LogP contribution in [-0.2, 0) is 28.6 Å². The monoisotopic (exact) mass is 296 g/mol. The van der Waals surface area contributed by atoms with Gasteiger partial charge in [-0.1, -0.05) is 13.0 Å². The molecule has 1 saturated carbocycles. The average Bonchev–Trinajstić information content (AvgIpc) is 2.84. The summed E-state index contributed by atoms with van der Waals surface area (Å²) in [5.74, 6) is -1.58. The number of cyclic esters (lactones) is 1. The first-order chi connectivity index (χ1) is 10.0. The molecule has 116 valence electrons. The van der Waals surface area contributed by atoms with E-state index in [4.69, 9.17) is 14.2 Å². The van der Waals surface area contributed by atoms with Crippen LogP contribution in [0.4, 0.5) is 0 Å². The molecular formula is C15H20O6. The first kappa shape index (κ1) is 15.5. The van der Waals surface area contributed by atoms with Gasteiger partial charge in [0, 0.05) is 12.5 Å². The Labute approximate surface area is 123 Å². The van der Waals surface area contributed by atoms with Crippen LogP contribution in [0.15, 0.2) is 12.7 Å². The van der Waals surface area contributed by atoms with Gasteiger partial charge in [-0.2, -0.15) is 0 Å². The van der Waals surface area contributed by atoms with Crippen LogP contribution in [0.25, 0.3) is 0 Å². The summed E-state index contributed by atoms with van der Waals surface area (Å²) in [6.45, 7) is 3.65. The van der Waals surface area contributed by atoms with Gasteiger partial charge in [-0.15, -0.1) is 0 Å². The molecule has 0 aromatic rings. The number of ether oxygens (including phenoxy) is 3. The number of carbonyl (C=O) groups is 3. The van der Waals surface area contributed by atoms with Crippen molar-refractivity contribution in [2.75, 3.05) is 6.61 Å². The van der Waals surface area contributed by atoms with Gasteiger partial charge in [0.1, 0.15) is 5.60 Å². The molecule has 0 spiro atoms. The van der Waals surface area contributed by atoms with Crippen LogP contribution >= 0.6 is 0 Å². The highest BCUT2D eigenvalue weighted by Gasteiger charge is 2.40. The van der Waals surface area contributed by atoms with Gasteiger partial charge in [0.15, 0.2) is 0 Å². The molecule has 1 atom stereocenters. The van der Waals surface area contributed by atoms with Crippen LogP contribution in [0.3, 0.4) is 0 Å². The zero-order chi connectivity index (χ0) is 15.3. The molecule has 0 radical (unpaired) electrons. The van der Waals surface area contributed by atoms with Crippen molar-refractivity contribution >= 4 is 17.9 Å². The van der Waals surface area contributed by atoms with Crippen LogP contribution in [0.2, 0.25) is 0 Å². The Morgan fingerprint density at radius 1 is 1.33 bits per heavy atom. The topological polar surface area (TPSA) is 78.9 Å². The number of hydrogen-bond donors (Lipinski definition) is 0. The lowest BCUT2D eigenvalue weighted by atomic mass is 9.82. The second-order valence-corrected chi connectivity index (χ2v) is 5.48. The van der Waals surface area contributed by atoms with Crippen molar-refractivity contribution in [2.45, 2.75) is 56.7 Å². The van der Waals surface area contributed by atoms with Gasteiger partial charge in [0.05, 0.1) is 13.0 Å². The second kappa shape index (κ2) is 6.74. The molecule has 0 aromatic heterocycles. The first-order valence-electron chi connectivity index (χ1n) is 7.26. The minimum Gasteiger partial charge on any atom is -0.463 e. The summed E-state index contributed by atoms with van der Waals surface area (Å²) in [5, 5.41) is 0. The maximum absolute atomic E-state index is 12.0. The van der Waals surface area contributed by atoms with Crippen LogP contribution in [0, 0.1) is 0 Å². The molecule has 1 heterocycles. The van der Waals surface area contributed by atoms with Crippen molar-refractivity contribution in [3.05, 3.63) is 12.7 Å². The Bertz CT molecular complexity index is 435. The Hall–Kier alpha value is -1.85. The van der Waals surface area contributed by atoms with Crippen molar-refractivity contribution in [1.29, 1.82) is 0 Å². The molecule has 1 aliphatic heterocycles. The van der Waals surface area contributed by atoms with E-state index in [0.717, 1.165) is 25.3 Å².